The molecule has 3 aromatic carbocycles. The Morgan fingerprint density at radius 1 is 1.09 bits per heavy atom. The van der Waals surface area contributed by atoms with E-state index in [1.165, 1.54) is 40.8 Å². The molecule has 2 aromatic heterocycles. The molecular weight excluding hydrogens is 633 g/mol. The normalized spacial score (nSPS) is 16.4. The van der Waals surface area contributed by atoms with Crippen molar-refractivity contribution < 1.29 is 36.2 Å². The molecule has 0 spiro atoms. The fourth-order valence-electron chi connectivity index (χ4n) is 5.91. The standard InChI is InChI=1S/C17H14F3N3O2S.C17H21NO3/c1-11-2-4-12(5-3-11)15-10-16(17(18,19)20)22-23(15)13-6-8-14(9-7-13)26(21,24)25;1-3-11-6-5-7-12-13-8-9-21-17(4-2,10-14(19)20)16(13)18-15(11)12/h2-10H,1H3,(H2,21,24,25);5-7,18H,3-4,8-10H2,1-2H3,(H,19,20). The molecule has 248 valence electrons. The van der Waals surface area contributed by atoms with Gasteiger partial charge in [0.1, 0.15) is 5.60 Å². The van der Waals surface area contributed by atoms with Gasteiger partial charge in [-0.05, 0) is 67.6 Å². The summed E-state index contributed by atoms with van der Waals surface area (Å²) in [5.74, 6) is -0.820. The second-order valence-electron chi connectivity index (χ2n) is 11.4. The van der Waals surface area contributed by atoms with E-state index >= 15 is 0 Å². The van der Waals surface area contributed by atoms with E-state index in [2.05, 4.69) is 35.2 Å². The first kappa shape index (κ1) is 33.9. The van der Waals surface area contributed by atoms with Crippen LogP contribution in [0, 0.1) is 6.92 Å². The van der Waals surface area contributed by atoms with E-state index < -0.39 is 33.5 Å². The number of H-pyrrole nitrogens is 1. The topological polar surface area (TPSA) is 140 Å². The highest BCUT2D eigenvalue weighted by Gasteiger charge is 2.41. The molecule has 4 N–H and O–H groups in total. The number of hydrogen-bond donors (Lipinski definition) is 3. The highest BCUT2D eigenvalue weighted by atomic mass is 32.2. The van der Waals surface area contributed by atoms with Gasteiger partial charge in [0, 0.05) is 16.5 Å². The van der Waals surface area contributed by atoms with Crippen LogP contribution in [0.3, 0.4) is 0 Å². The van der Waals surface area contributed by atoms with Gasteiger partial charge in [-0.1, -0.05) is 61.9 Å². The van der Waals surface area contributed by atoms with Crippen molar-refractivity contribution in [1.82, 2.24) is 14.8 Å². The van der Waals surface area contributed by atoms with Crippen LogP contribution < -0.4 is 5.14 Å². The summed E-state index contributed by atoms with van der Waals surface area (Å²) >= 11 is 0. The van der Waals surface area contributed by atoms with E-state index in [0.717, 1.165) is 40.4 Å². The lowest BCUT2D eigenvalue weighted by Gasteiger charge is -2.35. The van der Waals surface area contributed by atoms with Crippen LogP contribution in [0.25, 0.3) is 27.8 Å². The van der Waals surface area contributed by atoms with Crippen molar-refractivity contribution in [2.45, 2.75) is 63.1 Å². The molecule has 6 rings (SSSR count). The van der Waals surface area contributed by atoms with Gasteiger partial charge < -0.3 is 14.8 Å². The molecule has 0 saturated heterocycles. The number of aromatic nitrogens is 3. The molecule has 3 heterocycles. The van der Waals surface area contributed by atoms with E-state index in [-0.39, 0.29) is 22.7 Å². The quantitative estimate of drug-likeness (QED) is 0.172. The number of hydrogen-bond acceptors (Lipinski definition) is 5. The molecule has 9 nitrogen and oxygen atoms in total. The van der Waals surface area contributed by atoms with Gasteiger partial charge in [-0.2, -0.15) is 18.3 Å². The largest absolute Gasteiger partial charge is 0.481 e. The predicted octanol–water partition coefficient (Wildman–Crippen LogP) is 6.90. The van der Waals surface area contributed by atoms with E-state index in [1.807, 2.05) is 13.8 Å². The van der Waals surface area contributed by atoms with E-state index in [1.54, 1.807) is 24.3 Å². The van der Waals surface area contributed by atoms with E-state index in [0.29, 0.717) is 18.6 Å². The van der Waals surface area contributed by atoms with Crippen molar-refractivity contribution in [3.63, 3.8) is 0 Å². The number of carboxylic acid groups (broad SMARTS) is 1. The summed E-state index contributed by atoms with van der Waals surface area (Å²) in [6.45, 7) is 6.57. The molecule has 0 fully saturated rings. The zero-order chi connectivity index (χ0) is 34.1. The number of fused-ring (bicyclic) bond motifs is 3. The van der Waals surface area contributed by atoms with Crippen LogP contribution in [-0.4, -0.2) is 40.9 Å². The Bertz CT molecular complexity index is 2020. The number of primary sulfonamides is 1. The van der Waals surface area contributed by atoms with Crippen LogP contribution in [-0.2, 0) is 44.2 Å². The Kier molecular flexibility index (Phi) is 9.36. The van der Waals surface area contributed by atoms with Crippen molar-refractivity contribution in [1.29, 1.82) is 0 Å². The van der Waals surface area contributed by atoms with Crippen molar-refractivity contribution in [3.05, 3.63) is 101 Å². The number of nitrogens with two attached hydrogens (primary N) is 1. The number of rotatable bonds is 7. The maximum Gasteiger partial charge on any atom is 0.435 e. The zero-order valence-corrected chi connectivity index (χ0v) is 26.9. The van der Waals surface area contributed by atoms with Gasteiger partial charge in [-0.3, -0.25) is 4.79 Å². The van der Waals surface area contributed by atoms with Gasteiger partial charge in [0.2, 0.25) is 10.0 Å². The molecule has 1 unspecified atom stereocenters. The summed E-state index contributed by atoms with van der Waals surface area (Å²) < 4.78 is 69.1. The highest BCUT2D eigenvalue weighted by Crippen LogP contribution is 2.42. The first-order chi connectivity index (χ1) is 22.2. The smallest absolute Gasteiger partial charge is 0.435 e. The van der Waals surface area contributed by atoms with Crippen LogP contribution in [0.2, 0.25) is 0 Å². The number of aromatic amines is 1. The lowest BCUT2D eigenvalue weighted by Crippen LogP contribution is -2.37. The number of nitrogens with zero attached hydrogens (tertiary/aromatic N) is 2. The Hall–Kier alpha value is -4.46. The van der Waals surface area contributed by atoms with Gasteiger partial charge >= 0.3 is 12.1 Å². The molecule has 13 heteroatoms. The van der Waals surface area contributed by atoms with Crippen LogP contribution in [0.4, 0.5) is 13.2 Å². The summed E-state index contributed by atoms with van der Waals surface area (Å²) in [6, 6.07) is 19.4. The number of halogens is 3. The zero-order valence-electron chi connectivity index (χ0n) is 26.1. The van der Waals surface area contributed by atoms with Crippen LogP contribution in [0.15, 0.2) is 77.7 Å². The molecule has 0 aliphatic carbocycles. The van der Waals surface area contributed by atoms with Crippen molar-refractivity contribution in [2.75, 3.05) is 6.61 Å². The molecule has 1 aliphatic heterocycles. The number of aryl methyl sites for hydroxylation is 2. The molecule has 0 saturated carbocycles. The molecule has 0 bridgehead atoms. The monoisotopic (exact) mass is 668 g/mol. The molecule has 5 aromatic rings. The summed E-state index contributed by atoms with van der Waals surface area (Å²) in [4.78, 5) is 14.6. The minimum Gasteiger partial charge on any atom is -0.481 e. The number of ether oxygens (including phenoxy) is 1. The Morgan fingerprint density at radius 2 is 1.77 bits per heavy atom. The summed E-state index contributed by atoms with van der Waals surface area (Å²) in [7, 11) is -3.90. The third-order valence-corrected chi connectivity index (χ3v) is 9.29. The van der Waals surface area contributed by atoms with Gasteiger partial charge in [-0.15, -0.1) is 0 Å². The Labute approximate surface area is 270 Å². The lowest BCUT2D eigenvalue weighted by atomic mass is 9.86. The molecular formula is C34H35F3N4O5S. The summed E-state index contributed by atoms with van der Waals surface area (Å²) in [6.07, 6.45) is -2.16. The van der Waals surface area contributed by atoms with Gasteiger partial charge in [-0.25, -0.2) is 18.2 Å². The summed E-state index contributed by atoms with van der Waals surface area (Å²) in [5.41, 5.74) is 4.88. The second kappa shape index (κ2) is 13.0. The van der Waals surface area contributed by atoms with Crippen molar-refractivity contribution >= 4 is 26.9 Å². The molecule has 0 amide bonds. The van der Waals surface area contributed by atoms with Crippen LogP contribution in [0.1, 0.15) is 54.8 Å². The minimum absolute atomic E-state index is 0.00474. The third-order valence-electron chi connectivity index (χ3n) is 8.36. The molecule has 0 radical (unpaired) electrons. The van der Waals surface area contributed by atoms with Crippen LogP contribution >= 0.6 is 0 Å². The maximum atomic E-state index is 13.1. The first-order valence-corrected chi connectivity index (χ1v) is 16.6. The fourth-order valence-corrected chi connectivity index (χ4v) is 6.42. The third kappa shape index (κ3) is 6.97. The number of carboxylic acids is 1. The second-order valence-corrected chi connectivity index (χ2v) is 13.0. The first-order valence-electron chi connectivity index (χ1n) is 15.0. The van der Waals surface area contributed by atoms with Crippen LogP contribution in [0.5, 0.6) is 0 Å². The number of carbonyl (C=O) groups is 1. The van der Waals surface area contributed by atoms with Gasteiger partial charge in [0.15, 0.2) is 5.69 Å². The van der Waals surface area contributed by atoms with Gasteiger partial charge in [0.25, 0.3) is 0 Å². The summed E-state index contributed by atoms with van der Waals surface area (Å²) in [5, 5.41) is 19.2. The number of nitrogens with one attached hydrogen (secondary N) is 1. The van der Waals surface area contributed by atoms with Gasteiger partial charge in [0.05, 0.1) is 35.0 Å². The fraction of sp³-hybridized carbons (Fsp3) is 0.294. The van der Waals surface area contributed by atoms with E-state index in [9.17, 15) is 31.5 Å². The SMILES string of the molecule is CCc1cccc2c3c([nH]c12)C(CC)(CC(=O)O)OCC3.Cc1ccc(-c2cc(C(F)(F)F)nn2-c2ccc(S(N)(=O)=O)cc2)cc1. The van der Waals surface area contributed by atoms with E-state index in [4.69, 9.17) is 9.88 Å². The predicted molar refractivity (Wildman–Crippen MR) is 172 cm³/mol. The number of para-hydroxylation sites is 1. The highest BCUT2D eigenvalue weighted by molar-refractivity contribution is 7.89. The Balaban J connectivity index is 0.000000189. The Morgan fingerprint density at radius 3 is 2.34 bits per heavy atom. The maximum absolute atomic E-state index is 13.1. The number of sulfonamides is 1. The molecule has 1 atom stereocenters. The van der Waals surface area contributed by atoms with Crippen molar-refractivity contribution in [2.24, 2.45) is 5.14 Å². The average Bonchev–Trinajstić information content (AvgIpc) is 3.65. The number of alkyl halides is 3. The molecule has 1 aliphatic rings. The van der Waals surface area contributed by atoms with Crippen molar-refractivity contribution in [3.8, 4) is 16.9 Å². The number of aliphatic carboxylic acids is 1. The minimum atomic E-state index is -4.61. The number of benzene rings is 3. The lowest BCUT2D eigenvalue weighted by molar-refractivity contribution is -0.148. The molecule has 47 heavy (non-hydrogen) atoms. The average molecular weight is 669 g/mol.